The molecule has 1 amide bonds. The van der Waals surface area contributed by atoms with Crippen molar-refractivity contribution in [2.45, 2.75) is 165 Å². The van der Waals surface area contributed by atoms with Crippen LogP contribution in [-0.2, 0) is 19.1 Å². The molecular weight excluding hydrogens is 677 g/mol. The van der Waals surface area contributed by atoms with Gasteiger partial charge in [0.1, 0.15) is 6.10 Å². The predicted octanol–water partition coefficient (Wildman–Crippen LogP) is 7.75. The van der Waals surface area contributed by atoms with Gasteiger partial charge in [-0.25, -0.2) is 0 Å². The summed E-state index contributed by atoms with van der Waals surface area (Å²) in [6.07, 6.45) is 11.5. The second-order valence-corrected chi connectivity index (χ2v) is 21.7. The highest BCUT2D eigenvalue weighted by atomic mass is 16.5. The first kappa shape index (κ1) is 40.4. The maximum atomic E-state index is 14.0. The van der Waals surface area contributed by atoms with E-state index in [0.717, 1.165) is 89.3 Å². The van der Waals surface area contributed by atoms with E-state index in [1.807, 2.05) is 13.8 Å². The van der Waals surface area contributed by atoms with Crippen LogP contribution < -0.4 is 10.6 Å². The zero-order valence-corrected chi connectivity index (χ0v) is 35.2. The zero-order valence-electron chi connectivity index (χ0n) is 35.2. The number of hydrogen-bond donors (Lipinski definition) is 4. The summed E-state index contributed by atoms with van der Waals surface area (Å²) in [6.45, 7) is 23.3. The number of ether oxygens (including phenoxy) is 1. The fourth-order valence-electron chi connectivity index (χ4n) is 15.1. The molecule has 3 unspecified atom stereocenters. The van der Waals surface area contributed by atoms with Gasteiger partial charge in [-0.15, -0.1) is 0 Å². The summed E-state index contributed by atoms with van der Waals surface area (Å²) in [5.74, 6) is 1.82. The third-order valence-electron chi connectivity index (χ3n) is 18.6. The van der Waals surface area contributed by atoms with E-state index in [0.29, 0.717) is 49.3 Å². The number of aliphatic hydroxyl groups is 2. The number of esters is 1. The fourth-order valence-corrected chi connectivity index (χ4v) is 15.1. The first-order valence-corrected chi connectivity index (χ1v) is 22.1. The van der Waals surface area contributed by atoms with E-state index < -0.39 is 11.7 Å². The Labute approximate surface area is 326 Å². The molecule has 1 heterocycles. The number of nitrogens with one attached hydrogen (secondary N) is 2. The summed E-state index contributed by atoms with van der Waals surface area (Å²) in [5, 5.41) is 27.0. The number of ketones is 1. The molecular formula is C46H74N2O6. The Balaban J connectivity index is 1.09. The molecule has 8 heteroatoms. The lowest BCUT2D eigenvalue weighted by atomic mass is 9.33. The molecule has 8 nitrogen and oxygen atoms in total. The van der Waals surface area contributed by atoms with Gasteiger partial charge in [-0.3, -0.25) is 14.4 Å². The smallest absolute Gasteiger partial charge is 0.309 e. The standard InChI is InChI=1S/C46H74N2O6/c1-27(2)36-32(49)25-45(20-22-48-38(50)29-11-10-21-47-26-29)19-18-43(8)31(37(36)45)12-13-34-42(7)16-15-35(41(5,6)33(42)14-17-44(34,43)9)54-39(51)30-23-46(24-30,28(3)4)40(52)53/h27-31,33-35,40,47,52-53H,10-26H2,1-9H3,(H,48,50)/t29-,30?,31-,33+,34-,35?,42?,43-,44-,45?,46?/m1/s1. The Bertz CT molecular complexity index is 1510. The van der Waals surface area contributed by atoms with Crippen molar-refractivity contribution in [3.63, 3.8) is 0 Å². The van der Waals surface area contributed by atoms with E-state index in [-0.39, 0.29) is 68.7 Å². The molecule has 0 radical (unpaired) electrons. The average molecular weight is 751 g/mol. The summed E-state index contributed by atoms with van der Waals surface area (Å²) in [7, 11) is 0. The highest BCUT2D eigenvalue weighted by molar-refractivity contribution is 6.00. The Morgan fingerprint density at radius 1 is 0.870 bits per heavy atom. The zero-order chi connectivity index (χ0) is 39.2. The Hall–Kier alpha value is -1.77. The van der Waals surface area contributed by atoms with Crippen molar-refractivity contribution in [1.29, 1.82) is 0 Å². The number of carbonyl (C=O) groups is 3. The Morgan fingerprint density at radius 3 is 2.22 bits per heavy atom. The maximum Gasteiger partial charge on any atom is 0.309 e. The van der Waals surface area contributed by atoms with Gasteiger partial charge in [0.25, 0.3) is 0 Å². The molecule has 1 saturated heterocycles. The first-order valence-electron chi connectivity index (χ1n) is 22.1. The number of carbonyl (C=O) groups excluding carboxylic acids is 3. The second-order valence-electron chi connectivity index (χ2n) is 21.7. The minimum Gasteiger partial charge on any atom is -0.462 e. The number of aliphatic hydroxyl groups excluding tert-OH is 1. The lowest BCUT2D eigenvalue weighted by Crippen LogP contribution is -2.66. The van der Waals surface area contributed by atoms with Crippen LogP contribution in [0.1, 0.15) is 152 Å². The molecule has 5 saturated carbocycles. The number of fused-ring (bicyclic) bond motifs is 7. The van der Waals surface area contributed by atoms with E-state index in [2.05, 4.69) is 59.1 Å². The normalized spacial score (nSPS) is 44.3. The Kier molecular flexibility index (Phi) is 10.4. The third kappa shape index (κ3) is 5.93. The molecule has 0 bridgehead atoms. The summed E-state index contributed by atoms with van der Waals surface area (Å²) in [5.41, 5.74) is 2.02. The van der Waals surface area contributed by atoms with Crippen molar-refractivity contribution >= 4 is 17.7 Å². The molecule has 9 atom stereocenters. The molecule has 6 fully saturated rings. The van der Waals surface area contributed by atoms with E-state index in [9.17, 15) is 24.6 Å². The fraction of sp³-hybridized carbons (Fsp3) is 0.891. The van der Waals surface area contributed by atoms with Crippen LogP contribution in [0, 0.1) is 73.9 Å². The molecule has 0 aromatic carbocycles. The number of piperidine rings is 1. The quantitative estimate of drug-likeness (QED) is 0.140. The highest BCUT2D eigenvalue weighted by Gasteiger charge is 2.70. The van der Waals surface area contributed by atoms with Crippen molar-refractivity contribution in [1.82, 2.24) is 10.6 Å². The van der Waals surface area contributed by atoms with Crippen molar-refractivity contribution in [3.05, 3.63) is 11.1 Å². The largest absolute Gasteiger partial charge is 0.462 e. The molecule has 0 aromatic rings. The van der Waals surface area contributed by atoms with Gasteiger partial charge >= 0.3 is 5.97 Å². The van der Waals surface area contributed by atoms with Gasteiger partial charge in [0.2, 0.25) is 5.91 Å². The van der Waals surface area contributed by atoms with Crippen molar-refractivity contribution < 1.29 is 29.3 Å². The molecule has 7 rings (SSSR count). The SMILES string of the molecule is CC(C)C1=C2[C@H]3CC[C@@H]4C5(C)CCC(OC(=O)C6CC(C(C)C)(C(O)O)C6)C(C)(C)[C@@H]5CC[C@@]4(C)[C@]3(C)CCC2(CCNC(=O)[C@@H]2CCCNC2)CC1=O. The van der Waals surface area contributed by atoms with E-state index >= 15 is 0 Å². The molecule has 0 spiro atoms. The lowest BCUT2D eigenvalue weighted by molar-refractivity contribution is -0.240. The highest BCUT2D eigenvalue weighted by Crippen LogP contribution is 2.77. The van der Waals surface area contributed by atoms with Gasteiger partial charge in [-0.1, -0.05) is 67.9 Å². The third-order valence-corrected chi connectivity index (χ3v) is 18.6. The van der Waals surface area contributed by atoms with E-state index in [1.54, 1.807) is 0 Å². The lowest BCUT2D eigenvalue weighted by Gasteiger charge is -2.72. The average Bonchev–Trinajstić information content (AvgIpc) is 3.38. The van der Waals surface area contributed by atoms with E-state index in [1.165, 1.54) is 5.57 Å². The van der Waals surface area contributed by atoms with Gasteiger partial charge in [0, 0.05) is 35.8 Å². The van der Waals surface area contributed by atoms with Gasteiger partial charge in [-0.05, 0) is 141 Å². The van der Waals surface area contributed by atoms with Crippen molar-refractivity contribution in [2.75, 3.05) is 19.6 Å². The minimum absolute atomic E-state index is 0.0470. The summed E-state index contributed by atoms with van der Waals surface area (Å²) in [6, 6.07) is 0. The molecule has 0 aromatic heterocycles. The number of allylic oxidation sites excluding steroid dienone is 2. The van der Waals surface area contributed by atoms with Crippen molar-refractivity contribution in [3.8, 4) is 0 Å². The maximum absolute atomic E-state index is 14.0. The predicted molar refractivity (Wildman–Crippen MR) is 211 cm³/mol. The number of amides is 1. The number of hydrogen-bond acceptors (Lipinski definition) is 7. The first-order chi connectivity index (χ1) is 25.3. The van der Waals surface area contributed by atoms with Crippen LogP contribution in [0.5, 0.6) is 0 Å². The molecule has 7 aliphatic rings. The summed E-state index contributed by atoms with van der Waals surface area (Å²) >= 11 is 0. The van der Waals surface area contributed by atoms with Crippen LogP contribution in [0.3, 0.4) is 0 Å². The number of Topliss-reactive ketones (excluding diaryl/α,β-unsaturated/α-hetero) is 1. The second kappa shape index (κ2) is 14.0. The van der Waals surface area contributed by atoms with Crippen LogP contribution in [0.15, 0.2) is 11.1 Å². The molecule has 1 aliphatic heterocycles. The van der Waals surface area contributed by atoms with Crippen LogP contribution in [0.25, 0.3) is 0 Å². The van der Waals surface area contributed by atoms with E-state index in [4.69, 9.17) is 4.74 Å². The van der Waals surface area contributed by atoms with Gasteiger partial charge in [0.05, 0.1) is 11.8 Å². The van der Waals surface area contributed by atoms with Crippen LogP contribution in [0.2, 0.25) is 0 Å². The molecule has 4 N–H and O–H groups in total. The molecule has 54 heavy (non-hydrogen) atoms. The van der Waals surface area contributed by atoms with Crippen LogP contribution >= 0.6 is 0 Å². The topological polar surface area (TPSA) is 125 Å². The monoisotopic (exact) mass is 751 g/mol. The summed E-state index contributed by atoms with van der Waals surface area (Å²) < 4.78 is 6.44. The molecule has 6 aliphatic carbocycles. The van der Waals surface area contributed by atoms with Gasteiger partial charge in [-0.2, -0.15) is 0 Å². The van der Waals surface area contributed by atoms with Gasteiger partial charge in [0.15, 0.2) is 12.1 Å². The van der Waals surface area contributed by atoms with Crippen LogP contribution in [0.4, 0.5) is 0 Å². The Morgan fingerprint density at radius 2 is 1.59 bits per heavy atom. The van der Waals surface area contributed by atoms with Crippen molar-refractivity contribution in [2.24, 2.45) is 73.9 Å². The minimum atomic E-state index is -1.42. The van der Waals surface area contributed by atoms with Gasteiger partial charge < -0.3 is 25.6 Å². The summed E-state index contributed by atoms with van der Waals surface area (Å²) in [4.78, 5) is 40.8. The molecule has 304 valence electrons. The van der Waals surface area contributed by atoms with Crippen LogP contribution in [-0.4, -0.2) is 59.9 Å². The number of rotatable bonds is 9.